The zero-order valence-electron chi connectivity index (χ0n) is 9.94. The second kappa shape index (κ2) is 5.56. The molecule has 6 heteroatoms. The van der Waals surface area contributed by atoms with E-state index in [-0.39, 0.29) is 30.1 Å². The van der Waals surface area contributed by atoms with E-state index in [1.807, 2.05) is 0 Å². The molecule has 1 aliphatic carbocycles. The van der Waals surface area contributed by atoms with E-state index < -0.39 is 0 Å². The van der Waals surface area contributed by atoms with E-state index in [0.717, 1.165) is 12.8 Å². The topological polar surface area (TPSA) is 68.5 Å². The number of hydrogen-bond acceptors (Lipinski definition) is 4. The third-order valence-corrected chi connectivity index (χ3v) is 3.34. The third-order valence-electron chi connectivity index (χ3n) is 2.92. The Morgan fingerprint density at radius 2 is 2.28 bits per heavy atom. The Morgan fingerprint density at radius 3 is 2.78 bits per heavy atom. The molecule has 98 valence electrons. The van der Waals surface area contributed by atoms with Crippen molar-refractivity contribution in [3.8, 4) is 0 Å². The minimum Gasteiger partial charge on any atom is -0.469 e. The number of halogens is 1. The molecular weight excluding hydrogens is 302 g/mol. The Morgan fingerprint density at radius 1 is 1.56 bits per heavy atom. The van der Waals surface area contributed by atoms with Crippen molar-refractivity contribution in [1.29, 1.82) is 0 Å². The molecule has 0 spiro atoms. The molecule has 1 heterocycles. The first-order chi connectivity index (χ1) is 8.60. The van der Waals surface area contributed by atoms with Crippen molar-refractivity contribution in [2.45, 2.75) is 25.3 Å². The Bertz CT molecular complexity index is 453. The number of nitrogens with one attached hydrogen (secondary N) is 1. The molecule has 0 unspecified atom stereocenters. The lowest BCUT2D eigenvalue weighted by atomic mass is 10.1. The van der Waals surface area contributed by atoms with Gasteiger partial charge in [-0.05, 0) is 46.8 Å². The molecule has 0 aliphatic heterocycles. The summed E-state index contributed by atoms with van der Waals surface area (Å²) in [7, 11) is 1.34. The lowest BCUT2D eigenvalue weighted by Crippen LogP contribution is -2.38. The van der Waals surface area contributed by atoms with Crippen LogP contribution in [0.5, 0.6) is 0 Å². The first-order valence-electron chi connectivity index (χ1n) is 5.73. The lowest BCUT2D eigenvalue weighted by Gasteiger charge is -2.16. The Hall–Kier alpha value is -1.30. The monoisotopic (exact) mass is 315 g/mol. The molecule has 1 aromatic heterocycles. The maximum atomic E-state index is 11.9. The first-order valence-corrected chi connectivity index (χ1v) is 6.52. The molecule has 1 amide bonds. The van der Waals surface area contributed by atoms with Gasteiger partial charge in [-0.3, -0.25) is 9.59 Å². The highest BCUT2D eigenvalue weighted by Crippen LogP contribution is 2.34. The van der Waals surface area contributed by atoms with E-state index in [2.05, 4.69) is 26.0 Å². The Kier molecular flexibility index (Phi) is 4.06. The number of hydrogen-bond donors (Lipinski definition) is 1. The van der Waals surface area contributed by atoms with E-state index >= 15 is 0 Å². The summed E-state index contributed by atoms with van der Waals surface area (Å²) in [6.45, 7) is 0. The molecule has 1 aromatic rings. The molecule has 2 rings (SSSR count). The fourth-order valence-electron chi connectivity index (χ4n) is 1.77. The predicted molar refractivity (Wildman–Crippen MR) is 67.0 cm³/mol. The summed E-state index contributed by atoms with van der Waals surface area (Å²) in [6, 6.07) is 3.07. The van der Waals surface area contributed by atoms with Gasteiger partial charge in [-0.15, -0.1) is 0 Å². The van der Waals surface area contributed by atoms with Crippen LogP contribution in [0.25, 0.3) is 0 Å². The third kappa shape index (κ3) is 3.35. The average molecular weight is 316 g/mol. The maximum absolute atomic E-state index is 11.9. The zero-order valence-corrected chi connectivity index (χ0v) is 11.5. The molecule has 0 radical (unpaired) electrons. The summed E-state index contributed by atoms with van der Waals surface area (Å²) in [5, 5.41) is 2.82. The van der Waals surface area contributed by atoms with Crippen LogP contribution in [-0.2, 0) is 9.53 Å². The van der Waals surface area contributed by atoms with Crippen molar-refractivity contribution < 1.29 is 18.7 Å². The van der Waals surface area contributed by atoms with Gasteiger partial charge in [-0.25, -0.2) is 0 Å². The van der Waals surface area contributed by atoms with Crippen LogP contribution in [0.1, 0.15) is 29.8 Å². The van der Waals surface area contributed by atoms with E-state index in [4.69, 9.17) is 4.42 Å². The molecule has 0 aromatic carbocycles. The van der Waals surface area contributed by atoms with Crippen LogP contribution in [0, 0.1) is 5.92 Å². The Balaban J connectivity index is 1.96. The zero-order chi connectivity index (χ0) is 13.1. The van der Waals surface area contributed by atoms with Crippen LogP contribution in [0.2, 0.25) is 0 Å². The van der Waals surface area contributed by atoms with Crippen LogP contribution < -0.4 is 5.32 Å². The van der Waals surface area contributed by atoms with Crippen molar-refractivity contribution in [2.24, 2.45) is 5.92 Å². The summed E-state index contributed by atoms with van der Waals surface area (Å²) in [4.78, 5) is 23.2. The van der Waals surface area contributed by atoms with Crippen LogP contribution >= 0.6 is 15.9 Å². The van der Waals surface area contributed by atoms with Crippen LogP contribution in [0.3, 0.4) is 0 Å². The molecule has 1 saturated carbocycles. The molecular formula is C12H14BrNO4. The number of carbonyl (C=O) groups excluding carboxylic acids is 2. The van der Waals surface area contributed by atoms with Gasteiger partial charge in [-0.1, -0.05) is 0 Å². The Labute approximate surface area is 113 Å². The van der Waals surface area contributed by atoms with Gasteiger partial charge in [0.2, 0.25) is 0 Å². The largest absolute Gasteiger partial charge is 0.469 e. The van der Waals surface area contributed by atoms with Gasteiger partial charge in [-0.2, -0.15) is 0 Å². The highest BCUT2D eigenvalue weighted by Gasteiger charge is 2.34. The quantitative estimate of drug-likeness (QED) is 0.845. The highest BCUT2D eigenvalue weighted by molar-refractivity contribution is 9.10. The summed E-state index contributed by atoms with van der Waals surface area (Å²) in [6.07, 6.45) is 2.27. The molecule has 1 aliphatic rings. The van der Waals surface area contributed by atoms with E-state index in [1.54, 1.807) is 12.1 Å². The lowest BCUT2D eigenvalue weighted by molar-refractivity contribution is -0.141. The SMILES string of the molecule is COC(=O)C[C@H](NC(=O)c1ccc(Br)o1)C1CC1. The van der Waals surface area contributed by atoms with Crippen molar-refractivity contribution in [3.05, 3.63) is 22.6 Å². The second-order valence-corrected chi connectivity index (χ2v) is 5.08. The molecule has 1 N–H and O–H groups in total. The average Bonchev–Trinajstić information content (AvgIpc) is 3.10. The van der Waals surface area contributed by atoms with Gasteiger partial charge in [0.05, 0.1) is 13.5 Å². The summed E-state index contributed by atoms with van der Waals surface area (Å²) >= 11 is 3.14. The van der Waals surface area contributed by atoms with E-state index in [1.165, 1.54) is 7.11 Å². The van der Waals surface area contributed by atoms with Crippen LogP contribution in [0.4, 0.5) is 0 Å². The number of esters is 1. The molecule has 18 heavy (non-hydrogen) atoms. The molecule has 5 nitrogen and oxygen atoms in total. The number of amides is 1. The smallest absolute Gasteiger partial charge is 0.307 e. The van der Waals surface area contributed by atoms with E-state index in [9.17, 15) is 9.59 Å². The molecule has 0 bridgehead atoms. The second-order valence-electron chi connectivity index (χ2n) is 4.30. The molecule has 1 fully saturated rings. The first kappa shape index (κ1) is 13.1. The van der Waals surface area contributed by atoms with E-state index in [0.29, 0.717) is 10.6 Å². The number of carbonyl (C=O) groups is 2. The molecule has 1 atom stereocenters. The fraction of sp³-hybridized carbons (Fsp3) is 0.500. The summed E-state index contributed by atoms with van der Waals surface area (Å²) in [5.41, 5.74) is 0. The van der Waals surface area contributed by atoms with Gasteiger partial charge in [0.1, 0.15) is 0 Å². The summed E-state index contributed by atoms with van der Waals surface area (Å²) < 4.78 is 10.3. The molecule has 0 saturated heterocycles. The van der Waals surface area contributed by atoms with Gasteiger partial charge in [0, 0.05) is 6.04 Å². The van der Waals surface area contributed by atoms with Gasteiger partial charge in [0.15, 0.2) is 10.4 Å². The minimum absolute atomic E-state index is 0.172. The fourth-order valence-corrected chi connectivity index (χ4v) is 2.08. The highest BCUT2D eigenvalue weighted by atomic mass is 79.9. The summed E-state index contributed by atoms with van der Waals surface area (Å²) in [5.74, 6) is -0.0156. The number of furan rings is 1. The van der Waals surface area contributed by atoms with Gasteiger partial charge in [0.25, 0.3) is 5.91 Å². The van der Waals surface area contributed by atoms with Crippen LogP contribution in [-0.4, -0.2) is 25.0 Å². The van der Waals surface area contributed by atoms with Crippen molar-refractivity contribution >= 4 is 27.8 Å². The maximum Gasteiger partial charge on any atom is 0.307 e. The van der Waals surface area contributed by atoms with Gasteiger partial charge < -0.3 is 14.5 Å². The van der Waals surface area contributed by atoms with Crippen molar-refractivity contribution in [2.75, 3.05) is 7.11 Å². The van der Waals surface area contributed by atoms with Crippen LogP contribution in [0.15, 0.2) is 21.2 Å². The normalized spacial score (nSPS) is 16.1. The van der Waals surface area contributed by atoms with Crippen molar-refractivity contribution in [1.82, 2.24) is 5.32 Å². The standard InChI is InChI=1S/C12H14BrNO4/c1-17-11(15)6-8(7-2-3-7)14-12(16)9-4-5-10(13)18-9/h4-5,7-8H,2-3,6H2,1H3,(H,14,16)/t8-/m0/s1. The predicted octanol–water partition coefficient (Wildman–Crippen LogP) is 2.11. The minimum atomic E-state index is -0.312. The van der Waals surface area contributed by atoms with Gasteiger partial charge >= 0.3 is 5.97 Å². The number of rotatable bonds is 5. The number of ether oxygens (including phenoxy) is 1. The van der Waals surface area contributed by atoms with Crippen molar-refractivity contribution in [3.63, 3.8) is 0 Å². The number of methoxy groups -OCH3 is 1.